The molecule has 0 saturated heterocycles. The van der Waals surface area contributed by atoms with Crippen LogP contribution in [0.3, 0.4) is 0 Å². The molecule has 0 aliphatic heterocycles. The minimum Gasteiger partial charge on any atom is -0.389 e. The summed E-state index contributed by atoms with van der Waals surface area (Å²) < 4.78 is 27.8. The summed E-state index contributed by atoms with van der Waals surface area (Å²) in [6, 6.07) is 0. The third-order valence-corrected chi connectivity index (χ3v) is 3.55. The van der Waals surface area contributed by atoms with Crippen molar-refractivity contribution in [3.05, 3.63) is 24.3 Å². The standard InChI is InChI=1S/C8H10N6O2S2/c1-14-3-6(10-4-14)18(15,16)13-8-5(7(9)17)2-11-12-8/h2-4H,1H3,(H2,9,17)(H2,11,12,13). The van der Waals surface area contributed by atoms with Crippen molar-refractivity contribution < 1.29 is 8.42 Å². The minimum atomic E-state index is -3.79. The zero-order valence-electron chi connectivity index (χ0n) is 9.28. The van der Waals surface area contributed by atoms with Gasteiger partial charge < -0.3 is 10.3 Å². The van der Waals surface area contributed by atoms with Gasteiger partial charge in [-0.05, 0) is 0 Å². The molecule has 0 aliphatic rings. The van der Waals surface area contributed by atoms with Crippen molar-refractivity contribution in [2.24, 2.45) is 12.8 Å². The number of hydrogen-bond donors (Lipinski definition) is 3. The topological polar surface area (TPSA) is 119 Å². The maximum Gasteiger partial charge on any atom is 0.282 e. The highest BCUT2D eigenvalue weighted by Gasteiger charge is 2.20. The molecule has 18 heavy (non-hydrogen) atoms. The Kier molecular flexibility index (Phi) is 3.05. The summed E-state index contributed by atoms with van der Waals surface area (Å²) in [6.45, 7) is 0. The normalized spacial score (nSPS) is 11.4. The molecule has 0 saturated carbocycles. The molecular formula is C8H10N6O2S2. The average molecular weight is 286 g/mol. The number of imidazole rings is 1. The van der Waals surface area contributed by atoms with Crippen molar-refractivity contribution >= 4 is 33.0 Å². The molecule has 0 atom stereocenters. The van der Waals surface area contributed by atoms with Gasteiger partial charge in [0.15, 0.2) is 5.03 Å². The number of hydrogen-bond acceptors (Lipinski definition) is 5. The van der Waals surface area contributed by atoms with E-state index < -0.39 is 10.0 Å². The Bertz CT molecular complexity index is 686. The Balaban J connectivity index is 2.34. The van der Waals surface area contributed by atoms with Crippen LogP contribution in [0.4, 0.5) is 5.82 Å². The van der Waals surface area contributed by atoms with Gasteiger partial charge in [-0.15, -0.1) is 0 Å². The second-order valence-electron chi connectivity index (χ2n) is 3.51. The van der Waals surface area contributed by atoms with Gasteiger partial charge in [-0.3, -0.25) is 9.82 Å². The van der Waals surface area contributed by atoms with Gasteiger partial charge in [0.2, 0.25) is 0 Å². The van der Waals surface area contributed by atoms with Crippen molar-refractivity contribution in [3.8, 4) is 0 Å². The number of thiocarbonyl (C=S) groups is 1. The van der Waals surface area contributed by atoms with Crippen molar-refractivity contribution in [1.82, 2.24) is 19.7 Å². The van der Waals surface area contributed by atoms with Crippen LogP contribution in [0.15, 0.2) is 23.7 Å². The van der Waals surface area contributed by atoms with Crippen LogP contribution < -0.4 is 10.5 Å². The fourth-order valence-corrected chi connectivity index (χ4v) is 2.44. The molecule has 10 heteroatoms. The van der Waals surface area contributed by atoms with Crippen LogP contribution in [0, 0.1) is 0 Å². The molecule has 0 fully saturated rings. The summed E-state index contributed by atoms with van der Waals surface area (Å²) in [5, 5.41) is 6.06. The number of aromatic nitrogens is 4. The minimum absolute atomic E-state index is 0.0440. The second-order valence-corrected chi connectivity index (χ2v) is 5.57. The van der Waals surface area contributed by atoms with E-state index in [0.717, 1.165) is 0 Å². The van der Waals surface area contributed by atoms with E-state index in [0.29, 0.717) is 5.56 Å². The molecule has 2 rings (SSSR count). The zero-order valence-corrected chi connectivity index (χ0v) is 10.9. The third kappa shape index (κ3) is 2.33. The molecule has 2 aromatic heterocycles. The number of nitrogens with two attached hydrogens (primary N) is 1. The second kappa shape index (κ2) is 4.38. The van der Waals surface area contributed by atoms with E-state index >= 15 is 0 Å². The lowest BCUT2D eigenvalue weighted by atomic mass is 10.3. The van der Waals surface area contributed by atoms with E-state index in [1.54, 1.807) is 7.05 Å². The summed E-state index contributed by atoms with van der Waals surface area (Å²) >= 11 is 4.78. The number of sulfonamides is 1. The van der Waals surface area contributed by atoms with Gasteiger partial charge in [0.25, 0.3) is 10.0 Å². The summed E-state index contributed by atoms with van der Waals surface area (Å²) in [5.41, 5.74) is 5.76. The van der Waals surface area contributed by atoms with Gasteiger partial charge in [0, 0.05) is 13.2 Å². The van der Waals surface area contributed by atoms with E-state index in [4.69, 9.17) is 18.0 Å². The molecule has 96 valence electrons. The highest BCUT2D eigenvalue weighted by molar-refractivity contribution is 7.92. The number of nitrogens with one attached hydrogen (secondary N) is 2. The molecule has 0 amide bonds. The van der Waals surface area contributed by atoms with Gasteiger partial charge in [0.05, 0.1) is 18.1 Å². The van der Waals surface area contributed by atoms with E-state index in [-0.39, 0.29) is 15.8 Å². The Morgan fingerprint density at radius 1 is 1.61 bits per heavy atom. The third-order valence-electron chi connectivity index (χ3n) is 2.10. The first-order chi connectivity index (χ1) is 8.40. The van der Waals surface area contributed by atoms with Crippen LogP contribution >= 0.6 is 12.2 Å². The van der Waals surface area contributed by atoms with Crippen molar-refractivity contribution in [2.75, 3.05) is 4.72 Å². The first-order valence-corrected chi connectivity index (χ1v) is 6.63. The number of H-pyrrole nitrogens is 1. The van der Waals surface area contributed by atoms with Crippen LogP contribution in [-0.4, -0.2) is 33.2 Å². The number of rotatable bonds is 4. The van der Waals surface area contributed by atoms with E-state index in [1.165, 1.54) is 23.3 Å². The highest BCUT2D eigenvalue weighted by Crippen LogP contribution is 2.16. The molecule has 0 spiro atoms. The van der Waals surface area contributed by atoms with Crippen LogP contribution in [-0.2, 0) is 17.1 Å². The van der Waals surface area contributed by atoms with Crippen LogP contribution in [0.5, 0.6) is 0 Å². The number of aromatic amines is 1. The van der Waals surface area contributed by atoms with Gasteiger partial charge in [-0.2, -0.15) is 13.5 Å². The van der Waals surface area contributed by atoms with Gasteiger partial charge in [0.1, 0.15) is 10.8 Å². The smallest absolute Gasteiger partial charge is 0.282 e. The predicted octanol–water partition coefficient (Wildman–Crippen LogP) is -0.422. The zero-order chi connectivity index (χ0) is 13.3. The lowest BCUT2D eigenvalue weighted by Gasteiger charge is -2.04. The first-order valence-electron chi connectivity index (χ1n) is 4.74. The molecule has 0 radical (unpaired) electrons. The van der Waals surface area contributed by atoms with Crippen LogP contribution in [0.2, 0.25) is 0 Å². The van der Waals surface area contributed by atoms with Gasteiger partial charge in [-0.1, -0.05) is 12.2 Å². The highest BCUT2D eigenvalue weighted by atomic mass is 32.2. The fraction of sp³-hybridized carbons (Fsp3) is 0.125. The Morgan fingerprint density at radius 2 is 2.33 bits per heavy atom. The van der Waals surface area contributed by atoms with Crippen molar-refractivity contribution in [1.29, 1.82) is 0 Å². The Hall–Kier alpha value is -1.94. The van der Waals surface area contributed by atoms with Crippen molar-refractivity contribution in [2.45, 2.75) is 5.03 Å². The largest absolute Gasteiger partial charge is 0.389 e. The molecule has 0 bridgehead atoms. The molecule has 2 aromatic rings. The SMILES string of the molecule is Cn1cnc(S(=O)(=O)Nc2[nH]ncc2C(N)=S)c1. The van der Waals surface area contributed by atoms with E-state index in [1.807, 2.05) is 0 Å². The predicted molar refractivity (Wildman–Crippen MR) is 68.5 cm³/mol. The van der Waals surface area contributed by atoms with E-state index in [2.05, 4.69) is 19.9 Å². The molecule has 8 nitrogen and oxygen atoms in total. The molecule has 0 aromatic carbocycles. The maximum atomic E-state index is 12.0. The molecular weight excluding hydrogens is 276 g/mol. The molecule has 4 N–H and O–H groups in total. The van der Waals surface area contributed by atoms with Crippen molar-refractivity contribution in [3.63, 3.8) is 0 Å². The lowest BCUT2D eigenvalue weighted by Crippen LogP contribution is -2.17. The maximum absolute atomic E-state index is 12.0. The number of nitrogens with zero attached hydrogens (tertiary/aromatic N) is 3. The molecule has 0 unspecified atom stereocenters. The number of anilines is 1. The average Bonchev–Trinajstić information content (AvgIpc) is 2.86. The lowest BCUT2D eigenvalue weighted by molar-refractivity contribution is 0.598. The Labute approximate surface area is 108 Å². The summed E-state index contributed by atoms with van der Waals surface area (Å²) in [7, 11) is -2.12. The quantitative estimate of drug-likeness (QED) is 0.657. The Morgan fingerprint density at radius 3 is 2.89 bits per heavy atom. The van der Waals surface area contributed by atoms with E-state index in [9.17, 15) is 8.42 Å². The fourth-order valence-electron chi connectivity index (χ4n) is 1.27. The van der Waals surface area contributed by atoms with Crippen LogP contribution in [0.25, 0.3) is 0 Å². The van der Waals surface area contributed by atoms with Crippen LogP contribution in [0.1, 0.15) is 5.56 Å². The summed E-state index contributed by atoms with van der Waals surface area (Å²) in [4.78, 5) is 3.80. The number of aryl methyl sites for hydroxylation is 1. The van der Waals surface area contributed by atoms with Gasteiger partial charge >= 0.3 is 0 Å². The first kappa shape index (κ1) is 12.5. The monoisotopic (exact) mass is 286 g/mol. The van der Waals surface area contributed by atoms with Gasteiger partial charge in [-0.25, -0.2) is 4.98 Å². The summed E-state index contributed by atoms with van der Waals surface area (Å²) in [6.07, 6.45) is 4.10. The summed E-state index contributed by atoms with van der Waals surface area (Å²) in [5.74, 6) is 0.119. The molecule has 2 heterocycles. The molecule has 0 aliphatic carbocycles.